The van der Waals surface area contributed by atoms with Crippen molar-refractivity contribution in [2.75, 3.05) is 25.1 Å². The van der Waals surface area contributed by atoms with Gasteiger partial charge in [0.1, 0.15) is 5.75 Å². The number of imide groups is 1. The molecule has 6 heteroatoms. The molecule has 0 atom stereocenters. The largest absolute Gasteiger partial charge is 0.497 e. The van der Waals surface area contributed by atoms with E-state index in [0.29, 0.717) is 46.5 Å². The summed E-state index contributed by atoms with van der Waals surface area (Å²) in [6.45, 7) is 6.93. The molecule has 1 aliphatic heterocycles. The van der Waals surface area contributed by atoms with Gasteiger partial charge in [0.25, 0.3) is 17.7 Å². The van der Waals surface area contributed by atoms with Gasteiger partial charge in [-0.2, -0.15) is 0 Å². The zero-order valence-electron chi connectivity index (χ0n) is 22.7. The lowest BCUT2D eigenvalue weighted by molar-refractivity contribution is 0.0610. The molecule has 0 unspecified atom stereocenters. The Morgan fingerprint density at radius 3 is 1.95 bits per heavy atom. The minimum atomic E-state index is -0.301. The third-order valence-electron chi connectivity index (χ3n) is 7.25. The van der Waals surface area contributed by atoms with E-state index in [1.54, 1.807) is 24.1 Å². The molecule has 0 bridgehead atoms. The Morgan fingerprint density at radius 1 is 0.821 bits per heavy atom. The molecule has 0 aliphatic carbocycles. The molecule has 4 aromatic carbocycles. The second kappa shape index (κ2) is 10.4. The summed E-state index contributed by atoms with van der Waals surface area (Å²) in [5.41, 5.74) is 3.48. The lowest BCUT2D eigenvalue weighted by Gasteiger charge is -2.29. The summed E-state index contributed by atoms with van der Waals surface area (Å²) in [6, 6.07) is 26.0. The molecule has 0 N–H and O–H groups in total. The number of ether oxygens (including phenoxy) is 1. The predicted octanol–water partition coefficient (Wildman–Crippen LogP) is 6.48. The highest BCUT2D eigenvalue weighted by atomic mass is 16.5. The standard InChI is InChI=1S/C33H32N2O4/c1-33(2,3)24-14-12-23(13-15-24)30(36)34(25-16-18-26(39-4)19-17-25)20-7-21-35-31(37)27-10-5-8-22-9-6-11-28(29(22)27)32(35)38/h5-6,8-19H,7,20-21H2,1-4H3. The number of carbonyl (C=O) groups excluding carboxylic acids is 3. The maximum Gasteiger partial charge on any atom is 0.261 e. The van der Waals surface area contributed by atoms with E-state index in [2.05, 4.69) is 20.8 Å². The van der Waals surface area contributed by atoms with Gasteiger partial charge in [0, 0.05) is 40.9 Å². The first-order valence-corrected chi connectivity index (χ1v) is 13.1. The number of carbonyl (C=O) groups is 3. The van der Waals surface area contributed by atoms with Crippen LogP contribution in [-0.2, 0) is 5.41 Å². The number of benzene rings is 4. The van der Waals surface area contributed by atoms with Crippen LogP contribution in [0.1, 0.15) is 63.8 Å². The monoisotopic (exact) mass is 520 g/mol. The topological polar surface area (TPSA) is 66.9 Å². The van der Waals surface area contributed by atoms with Crippen molar-refractivity contribution in [2.45, 2.75) is 32.6 Å². The van der Waals surface area contributed by atoms with Gasteiger partial charge in [-0.25, -0.2) is 0 Å². The third kappa shape index (κ3) is 5.02. The smallest absolute Gasteiger partial charge is 0.261 e. The molecule has 6 nitrogen and oxygen atoms in total. The normalized spacial score (nSPS) is 13.1. The summed E-state index contributed by atoms with van der Waals surface area (Å²) in [6.07, 6.45) is 0.424. The van der Waals surface area contributed by atoms with Crippen LogP contribution < -0.4 is 9.64 Å². The van der Waals surface area contributed by atoms with E-state index in [1.807, 2.05) is 72.8 Å². The number of anilines is 1. The van der Waals surface area contributed by atoms with Crippen molar-refractivity contribution in [3.8, 4) is 5.75 Å². The highest BCUT2D eigenvalue weighted by molar-refractivity contribution is 6.25. The lowest BCUT2D eigenvalue weighted by atomic mass is 9.86. The Bertz CT molecular complexity index is 1500. The van der Waals surface area contributed by atoms with Crippen LogP contribution in [0.15, 0.2) is 84.9 Å². The van der Waals surface area contributed by atoms with Gasteiger partial charge in [0.15, 0.2) is 0 Å². The van der Waals surface area contributed by atoms with Crippen LogP contribution in [0.3, 0.4) is 0 Å². The fourth-order valence-corrected chi connectivity index (χ4v) is 5.05. The molecular formula is C33H32N2O4. The molecule has 0 fully saturated rings. The zero-order chi connectivity index (χ0) is 27.7. The highest BCUT2D eigenvalue weighted by Gasteiger charge is 2.32. The maximum absolute atomic E-state index is 13.7. The Morgan fingerprint density at radius 2 is 1.41 bits per heavy atom. The number of hydrogen-bond acceptors (Lipinski definition) is 4. The predicted molar refractivity (Wildman–Crippen MR) is 154 cm³/mol. The SMILES string of the molecule is COc1ccc(N(CCCN2C(=O)c3cccc4cccc(c34)C2=O)C(=O)c2ccc(C(C)(C)C)cc2)cc1. The van der Waals surface area contributed by atoms with Gasteiger partial charge in [0.05, 0.1) is 7.11 Å². The Hall–Kier alpha value is -4.45. The molecular weight excluding hydrogens is 488 g/mol. The van der Waals surface area contributed by atoms with Crippen molar-refractivity contribution in [1.29, 1.82) is 0 Å². The third-order valence-corrected chi connectivity index (χ3v) is 7.25. The summed E-state index contributed by atoms with van der Waals surface area (Å²) in [7, 11) is 1.60. The average Bonchev–Trinajstić information content (AvgIpc) is 2.95. The molecule has 1 heterocycles. The number of hydrogen-bond donors (Lipinski definition) is 0. The Kier molecular flexibility index (Phi) is 6.96. The number of amides is 3. The first-order valence-electron chi connectivity index (χ1n) is 13.1. The van der Waals surface area contributed by atoms with Gasteiger partial charge in [-0.1, -0.05) is 57.2 Å². The molecule has 5 rings (SSSR count). The van der Waals surface area contributed by atoms with Gasteiger partial charge in [-0.15, -0.1) is 0 Å². The van der Waals surface area contributed by atoms with Crippen molar-refractivity contribution in [3.05, 3.63) is 107 Å². The van der Waals surface area contributed by atoms with E-state index < -0.39 is 0 Å². The lowest BCUT2D eigenvalue weighted by Crippen LogP contribution is -2.42. The van der Waals surface area contributed by atoms with E-state index >= 15 is 0 Å². The number of nitrogens with zero attached hydrogens (tertiary/aromatic N) is 2. The van der Waals surface area contributed by atoms with Crippen molar-refractivity contribution >= 4 is 34.2 Å². The number of methoxy groups -OCH3 is 1. The number of rotatable bonds is 7. The fourth-order valence-electron chi connectivity index (χ4n) is 5.05. The highest BCUT2D eigenvalue weighted by Crippen LogP contribution is 2.30. The van der Waals surface area contributed by atoms with Gasteiger partial charge in [-0.05, 0) is 71.3 Å². The molecule has 0 spiro atoms. The molecule has 0 saturated carbocycles. The van der Waals surface area contributed by atoms with Crippen LogP contribution in [0, 0.1) is 0 Å². The van der Waals surface area contributed by atoms with Crippen molar-refractivity contribution in [1.82, 2.24) is 4.90 Å². The summed E-state index contributed by atoms with van der Waals surface area (Å²) in [5.74, 6) is -0.0566. The molecule has 39 heavy (non-hydrogen) atoms. The van der Waals surface area contributed by atoms with Crippen molar-refractivity contribution < 1.29 is 19.1 Å². The minimum Gasteiger partial charge on any atom is -0.497 e. The van der Waals surface area contributed by atoms with Gasteiger partial charge < -0.3 is 9.64 Å². The first-order chi connectivity index (χ1) is 18.7. The van der Waals surface area contributed by atoms with Crippen LogP contribution in [0.25, 0.3) is 10.8 Å². The van der Waals surface area contributed by atoms with Gasteiger partial charge in [-0.3, -0.25) is 19.3 Å². The van der Waals surface area contributed by atoms with E-state index in [-0.39, 0.29) is 29.7 Å². The van der Waals surface area contributed by atoms with Gasteiger partial charge >= 0.3 is 0 Å². The molecule has 1 aliphatic rings. The zero-order valence-corrected chi connectivity index (χ0v) is 22.7. The van der Waals surface area contributed by atoms with Gasteiger partial charge in [0.2, 0.25) is 0 Å². The molecule has 0 radical (unpaired) electrons. The molecule has 198 valence electrons. The fraction of sp³-hybridized carbons (Fsp3) is 0.242. The first kappa shape index (κ1) is 26.2. The Balaban J connectivity index is 1.38. The average molecular weight is 521 g/mol. The summed E-state index contributed by atoms with van der Waals surface area (Å²) in [5, 5.41) is 1.58. The van der Waals surface area contributed by atoms with Crippen molar-refractivity contribution in [2.24, 2.45) is 0 Å². The molecule has 4 aromatic rings. The van der Waals surface area contributed by atoms with Crippen molar-refractivity contribution in [3.63, 3.8) is 0 Å². The van der Waals surface area contributed by atoms with E-state index in [1.165, 1.54) is 4.90 Å². The van der Waals surface area contributed by atoms with Crippen LogP contribution >= 0.6 is 0 Å². The minimum absolute atomic E-state index is 0.0201. The molecule has 0 saturated heterocycles. The van der Waals surface area contributed by atoms with E-state index in [4.69, 9.17) is 4.74 Å². The second-order valence-electron chi connectivity index (χ2n) is 10.8. The van der Waals surface area contributed by atoms with Crippen LogP contribution in [-0.4, -0.2) is 42.8 Å². The van der Waals surface area contributed by atoms with Crippen LogP contribution in [0.5, 0.6) is 5.75 Å². The summed E-state index contributed by atoms with van der Waals surface area (Å²) < 4.78 is 5.29. The van der Waals surface area contributed by atoms with E-state index in [9.17, 15) is 14.4 Å². The summed E-state index contributed by atoms with van der Waals surface area (Å²) >= 11 is 0. The quantitative estimate of drug-likeness (QED) is 0.262. The van der Waals surface area contributed by atoms with Crippen LogP contribution in [0.2, 0.25) is 0 Å². The Labute approximate surface area is 228 Å². The second-order valence-corrected chi connectivity index (χ2v) is 10.8. The summed E-state index contributed by atoms with van der Waals surface area (Å²) in [4.78, 5) is 43.3. The van der Waals surface area contributed by atoms with Crippen LogP contribution in [0.4, 0.5) is 5.69 Å². The molecule has 0 aromatic heterocycles. The maximum atomic E-state index is 13.7. The van der Waals surface area contributed by atoms with E-state index in [0.717, 1.165) is 10.9 Å². The molecule has 3 amide bonds.